The molecule has 1 rings (SSSR count). The third-order valence-corrected chi connectivity index (χ3v) is 3.73. The van der Waals surface area contributed by atoms with E-state index in [1.165, 1.54) is 0 Å². The lowest BCUT2D eigenvalue weighted by molar-refractivity contribution is -0.757. The van der Waals surface area contributed by atoms with Crippen molar-refractivity contribution in [3.05, 3.63) is 34.4 Å². The molecule has 0 radical (unpaired) electrons. The number of rotatable bonds is 15. The summed E-state index contributed by atoms with van der Waals surface area (Å²) in [6, 6.07) is 7.28. The Balaban J connectivity index is 2.26. The van der Waals surface area contributed by atoms with Gasteiger partial charge in [-0.25, -0.2) is 0 Å². The van der Waals surface area contributed by atoms with Crippen molar-refractivity contribution >= 4 is 0 Å². The van der Waals surface area contributed by atoms with Crippen LogP contribution in [0.2, 0.25) is 0 Å². The van der Waals surface area contributed by atoms with Gasteiger partial charge >= 0.3 is 0 Å². The molecule has 1 aromatic carbocycles. The first kappa shape index (κ1) is 22.0. The van der Waals surface area contributed by atoms with Gasteiger partial charge in [0.25, 0.3) is 5.09 Å². The number of nitrogens with one attached hydrogen (secondary N) is 1. The first-order chi connectivity index (χ1) is 12.5. The molecule has 1 unspecified atom stereocenters. The van der Waals surface area contributed by atoms with Crippen LogP contribution in [0.3, 0.4) is 0 Å². The Bertz CT molecular complexity index is 491. The highest BCUT2D eigenvalue weighted by atomic mass is 17.0. The van der Waals surface area contributed by atoms with E-state index in [9.17, 15) is 15.2 Å². The molecule has 8 heteroatoms. The van der Waals surface area contributed by atoms with E-state index in [4.69, 9.17) is 9.47 Å². The van der Waals surface area contributed by atoms with Crippen molar-refractivity contribution in [1.82, 2.24) is 5.32 Å². The number of hydrogen-bond acceptors (Lipinski definition) is 7. The first-order valence-electron chi connectivity index (χ1n) is 9.09. The van der Waals surface area contributed by atoms with E-state index in [-0.39, 0.29) is 19.8 Å². The van der Waals surface area contributed by atoms with Gasteiger partial charge in [0, 0.05) is 12.6 Å². The number of nitrogens with zero attached hydrogens (tertiary/aromatic N) is 1. The molecular weight excluding hydrogens is 340 g/mol. The Morgan fingerprint density at radius 3 is 2.19 bits per heavy atom. The van der Waals surface area contributed by atoms with Crippen LogP contribution in [0, 0.1) is 10.1 Å². The molecule has 26 heavy (non-hydrogen) atoms. The van der Waals surface area contributed by atoms with E-state index in [0.29, 0.717) is 24.1 Å². The Labute approximate surface area is 154 Å². The van der Waals surface area contributed by atoms with Crippen LogP contribution in [0.1, 0.15) is 39.5 Å². The molecule has 2 N–H and O–H groups in total. The minimum Gasteiger partial charge on any atom is -0.492 e. The molecule has 8 nitrogen and oxygen atoms in total. The van der Waals surface area contributed by atoms with Crippen LogP contribution in [-0.2, 0) is 4.84 Å². The van der Waals surface area contributed by atoms with Crippen LogP contribution in [0.4, 0.5) is 0 Å². The molecule has 148 valence electrons. The Morgan fingerprint density at radius 2 is 1.65 bits per heavy atom. The molecule has 1 atom stereocenters. The van der Waals surface area contributed by atoms with Gasteiger partial charge in [-0.3, -0.25) is 0 Å². The molecule has 0 heterocycles. The average molecular weight is 370 g/mol. The molecule has 1 aromatic rings. The van der Waals surface area contributed by atoms with Crippen LogP contribution in [0.25, 0.3) is 0 Å². The fraction of sp³-hybridized carbons (Fsp3) is 0.667. The highest BCUT2D eigenvalue weighted by Crippen LogP contribution is 2.17. The Morgan fingerprint density at radius 1 is 1.08 bits per heavy atom. The van der Waals surface area contributed by atoms with Crippen molar-refractivity contribution in [2.75, 3.05) is 26.4 Å². The van der Waals surface area contributed by atoms with Gasteiger partial charge in [-0.2, -0.15) is 0 Å². The third-order valence-electron chi connectivity index (χ3n) is 3.73. The Hall–Kier alpha value is -2.06. The largest absolute Gasteiger partial charge is 0.492 e. The molecule has 0 aromatic heterocycles. The molecule has 0 aliphatic rings. The molecule has 0 saturated carbocycles. The Kier molecular flexibility index (Phi) is 11.1. The number of ether oxygens (including phenoxy) is 2. The lowest BCUT2D eigenvalue weighted by Gasteiger charge is -2.20. The van der Waals surface area contributed by atoms with Crippen molar-refractivity contribution < 1.29 is 24.5 Å². The molecular formula is C18H30N2O6. The van der Waals surface area contributed by atoms with Crippen molar-refractivity contribution in [2.24, 2.45) is 0 Å². The van der Waals surface area contributed by atoms with E-state index in [1.807, 2.05) is 0 Å². The number of aliphatic hydroxyl groups is 1. The highest BCUT2D eigenvalue weighted by Gasteiger charge is 2.10. The summed E-state index contributed by atoms with van der Waals surface area (Å²) >= 11 is 0. The summed E-state index contributed by atoms with van der Waals surface area (Å²) in [5, 5.41) is 22.6. The van der Waals surface area contributed by atoms with Gasteiger partial charge in [0.1, 0.15) is 37.4 Å². The normalized spacial score (nSPS) is 12.0. The van der Waals surface area contributed by atoms with Gasteiger partial charge in [0.15, 0.2) is 0 Å². The monoisotopic (exact) mass is 370 g/mol. The van der Waals surface area contributed by atoms with Crippen LogP contribution in [-0.4, -0.2) is 48.7 Å². The second kappa shape index (κ2) is 13.2. The van der Waals surface area contributed by atoms with Crippen molar-refractivity contribution in [3.8, 4) is 11.5 Å². The molecule has 0 aliphatic carbocycles. The van der Waals surface area contributed by atoms with Crippen LogP contribution < -0.4 is 14.8 Å². The number of hydrogen-bond donors (Lipinski definition) is 2. The van der Waals surface area contributed by atoms with E-state index >= 15 is 0 Å². The van der Waals surface area contributed by atoms with Gasteiger partial charge in [-0.05, 0) is 37.1 Å². The standard InChI is InChI=1S/C18H30N2O6/c1-3-5-15(6-4-2)19-13-16(21)14-25-18-9-7-17(8-10-18)24-11-12-26-20(22)23/h7-10,15-16,19,21H,3-6,11-14H2,1-2H3. The highest BCUT2D eigenvalue weighted by molar-refractivity contribution is 5.31. The van der Waals surface area contributed by atoms with E-state index in [0.717, 1.165) is 25.7 Å². The maximum Gasteiger partial charge on any atom is 0.294 e. The predicted molar refractivity (Wildman–Crippen MR) is 98.0 cm³/mol. The molecule has 0 amide bonds. The van der Waals surface area contributed by atoms with Gasteiger partial charge in [0.05, 0.1) is 0 Å². The van der Waals surface area contributed by atoms with E-state index in [1.54, 1.807) is 24.3 Å². The lowest BCUT2D eigenvalue weighted by Crippen LogP contribution is -2.38. The van der Waals surface area contributed by atoms with Gasteiger partial charge < -0.3 is 24.7 Å². The summed E-state index contributed by atoms with van der Waals surface area (Å²) in [4.78, 5) is 14.2. The zero-order valence-corrected chi connectivity index (χ0v) is 15.6. The van der Waals surface area contributed by atoms with Crippen molar-refractivity contribution in [1.29, 1.82) is 0 Å². The summed E-state index contributed by atoms with van der Waals surface area (Å²) in [5.74, 6) is 1.19. The fourth-order valence-corrected chi connectivity index (χ4v) is 2.50. The molecule has 0 bridgehead atoms. The van der Waals surface area contributed by atoms with Gasteiger partial charge in [-0.1, -0.05) is 26.7 Å². The third kappa shape index (κ3) is 10.0. The summed E-state index contributed by atoms with van der Waals surface area (Å²) in [7, 11) is 0. The minimum atomic E-state index is -0.854. The topological polar surface area (TPSA) is 103 Å². The zero-order chi connectivity index (χ0) is 19.2. The maximum absolute atomic E-state index is 10.1. The van der Waals surface area contributed by atoms with E-state index in [2.05, 4.69) is 24.0 Å². The number of benzene rings is 1. The predicted octanol–water partition coefficient (Wildman–Crippen LogP) is 2.57. The fourth-order valence-electron chi connectivity index (χ4n) is 2.50. The van der Waals surface area contributed by atoms with Gasteiger partial charge in [-0.15, -0.1) is 10.1 Å². The smallest absolute Gasteiger partial charge is 0.294 e. The SMILES string of the molecule is CCCC(CCC)NCC(O)COc1ccc(OCCO[N+](=O)[O-])cc1. The molecule has 0 saturated heterocycles. The van der Waals surface area contributed by atoms with E-state index < -0.39 is 11.2 Å². The molecule has 0 spiro atoms. The second-order valence-electron chi connectivity index (χ2n) is 6.02. The first-order valence-corrected chi connectivity index (χ1v) is 9.09. The van der Waals surface area contributed by atoms with Crippen molar-refractivity contribution in [2.45, 2.75) is 51.7 Å². The lowest BCUT2D eigenvalue weighted by atomic mass is 10.1. The number of aliphatic hydroxyl groups excluding tert-OH is 1. The van der Waals surface area contributed by atoms with Crippen molar-refractivity contribution in [3.63, 3.8) is 0 Å². The zero-order valence-electron chi connectivity index (χ0n) is 15.6. The second-order valence-corrected chi connectivity index (χ2v) is 6.02. The summed E-state index contributed by atoms with van der Waals surface area (Å²) < 4.78 is 10.9. The molecule has 0 aliphatic heterocycles. The summed E-state index contributed by atoms with van der Waals surface area (Å²) in [5.41, 5.74) is 0. The van der Waals surface area contributed by atoms with Crippen LogP contribution in [0.15, 0.2) is 24.3 Å². The average Bonchev–Trinajstić information content (AvgIpc) is 2.62. The minimum absolute atomic E-state index is 0.0856. The van der Waals surface area contributed by atoms with Gasteiger partial charge in [0.2, 0.25) is 0 Å². The van der Waals surface area contributed by atoms with Crippen LogP contribution in [0.5, 0.6) is 11.5 Å². The summed E-state index contributed by atoms with van der Waals surface area (Å²) in [6.07, 6.45) is 3.88. The summed E-state index contributed by atoms with van der Waals surface area (Å²) in [6.45, 7) is 4.99. The molecule has 0 fully saturated rings. The van der Waals surface area contributed by atoms with Crippen LogP contribution >= 0.6 is 0 Å². The maximum atomic E-state index is 10.1. The quantitative estimate of drug-likeness (QED) is 0.278.